The van der Waals surface area contributed by atoms with Crippen LogP contribution < -0.4 is 10.5 Å². The van der Waals surface area contributed by atoms with E-state index in [4.69, 9.17) is 10.5 Å². The molecule has 34 heavy (non-hydrogen) atoms. The Morgan fingerprint density at radius 3 is 2.21 bits per heavy atom. The number of hydrogen-bond acceptors (Lipinski definition) is 4. The van der Waals surface area contributed by atoms with Crippen LogP contribution in [0.2, 0.25) is 0 Å². The predicted molar refractivity (Wildman–Crippen MR) is 124 cm³/mol. The van der Waals surface area contributed by atoms with Crippen LogP contribution in [0.4, 0.5) is 18.0 Å². The van der Waals surface area contributed by atoms with Gasteiger partial charge in [0.25, 0.3) is 0 Å². The number of rotatable bonds is 8. The van der Waals surface area contributed by atoms with Crippen LogP contribution in [-0.4, -0.2) is 36.2 Å². The van der Waals surface area contributed by atoms with Crippen molar-refractivity contribution in [3.63, 3.8) is 0 Å². The molecular formula is C25H33F3N2O4. The average molecular weight is 483 g/mol. The van der Waals surface area contributed by atoms with Crippen LogP contribution in [0.25, 0.3) is 0 Å². The summed E-state index contributed by atoms with van der Waals surface area (Å²) >= 11 is 0. The summed E-state index contributed by atoms with van der Waals surface area (Å²) in [6.07, 6.45) is 1.11. The molecule has 6 nitrogen and oxygen atoms in total. The quantitative estimate of drug-likeness (QED) is 0.495. The molecule has 0 spiro atoms. The van der Waals surface area contributed by atoms with Crippen LogP contribution >= 0.6 is 0 Å². The molecule has 0 radical (unpaired) electrons. The van der Waals surface area contributed by atoms with E-state index in [0.29, 0.717) is 25.8 Å². The van der Waals surface area contributed by atoms with Gasteiger partial charge >= 0.3 is 12.7 Å². The predicted octanol–water partition coefficient (Wildman–Crippen LogP) is 6.07. The summed E-state index contributed by atoms with van der Waals surface area (Å²) in [4.78, 5) is 24.7. The summed E-state index contributed by atoms with van der Waals surface area (Å²) < 4.78 is 46.1. The Morgan fingerprint density at radius 1 is 1.15 bits per heavy atom. The van der Waals surface area contributed by atoms with Crippen LogP contribution in [0.5, 0.6) is 5.75 Å². The number of benzene rings is 2. The van der Waals surface area contributed by atoms with E-state index >= 15 is 0 Å². The lowest BCUT2D eigenvalue weighted by Gasteiger charge is -2.37. The van der Waals surface area contributed by atoms with E-state index in [-0.39, 0.29) is 30.1 Å². The first kappa shape index (κ1) is 28.8. The first-order valence-corrected chi connectivity index (χ1v) is 11.3. The second-order valence-corrected chi connectivity index (χ2v) is 7.16. The van der Waals surface area contributed by atoms with Crippen LogP contribution in [0.1, 0.15) is 58.1 Å². The number of nitrogens with zero attached hydrogens (tertiary/aromatic N) is 1. The van der Waals surface area contributed by atoms with Crippen molar-refractivity contribution in [1.82, 2.24) is 4.90 Å². The molecule has 2 aromatic rings. The third-order valence-electron chi connectivity index (χ3n) is 4.89. The number of carbonyl (C=O) groups is 2. The fourth-order valence-electron chi connectivity index (χ4n) is 3.36. The van der Waals surface area contributed by atoms with Gasteiger partial charge in [-0.15, -0.1) is 0 Å². The Morgan fingerprint density at radius 2 is 1.76 bits per heavy atom. The third kappa shape index (κ3) is 10.1. The van der Waals surface area contributed by atoms with Crippen LogP contribution in [0, 0.1) is 5.82 Å². The average Bonchev–Trinajstić information content (AvgIpc) is 2.82. The Labute approximate surface area is 198 Å². The first-order chi connectivity index (χ1) is 16.3. The van der Waals surface area contributed by atoms with Gasteiger partial charge in [0.1, 0.15) is 17.7 Å². The van der Waals surface area contributed by atoms with Gasteiger partial charge in [-0.25, -0.2) is 9.18 Å². The van der Waals surface area contributed by atoms with Gasteiger partial charge in [-0.1, -0.05) is 51.1 Å². The van der Waals surface area contributed by atoms with E-state index in [1.807, 2.05) is 20.8 Å². The number of halogens is 3. The van der Waals surface area contributed by atoms with E-state index in [1.54, 1.807) is 35.2 Å². The van der Waals surface area contributed by atoms with Crippen LogP contribution in [0.15, 0.2) is 54.6 Å². The summed E-state index contributed by atoms with van der Waals surface area (Å²) in [7, 11) is 0. The van der Waals surface area contributed by atoms with Gasteiger partial charge in [0.05, 0.1) is 6.04 Å². The number of cyclic esters (lactones) is 1. The highest BCUT2D eigenvalue weighted by atomic mass is 19.3. The molecule has 0 aliphatic carbocycles. The maximum absolute atomic E-state index is 12.3. The SMILES string of the molecule is CC.CCC(c1ccc(OC(F)F)cc1)N1CCC(CCC(N)=O)OC1=O.Fc1ccccc1. The smallest absolute Gasteiger partial charge is 0.410 e. The minimum atomic E-state index is -2.87. The number of nitrogens with two attached hydrogens (primary N) is 1. The molecule has 2 N–H and O–H groups in total. The largest absolute Gasteiger partial charge is 0.446 e. The number of ether oxygens (including phenoxy) is 2. The van der Waals surface area contributed by atoms with Crippen LogP contribution in [0.3, 0.4) is 0 Å². The Bertz CT molecular complexity index is 851. The number of amides is 2. The number of hydrogen-bond donors (Lipinski definition) is 1. The van der Waals surface area contributed by atoms with Crippen molar-refractivity contribution in [2.45, 2.75) is 65.2 Å². The first-order valence-electron chi connectivity index (χ1n) is 11.3. The molecule has 1 aliphatic heterocycles. The van der Waals surface area contributed by atoms with Gasteiger partial charge in [0.2, 0.25) is 5.91 Å². The van der Waals surface area contributed by atoms with E-state index in [9.17, 15) is 22.8 Å². The van der Waals surface area contributed by atoms with Crippen molar-refractivity contribution in [3.8, 4) is 5.75 Å². The van der Waals surface area contributed by atoms with E-state index in [0.717, 1.165) is 5.56 Å². The Hall–Kier alpha value is -3.23. The lowest BCUT2D eigenvalue weighted by Crippen LogP contribution is -2.44. The van der Waals surface area contributed by atoms with Gasteiger partial charge in [-0.2, -0.15) is 8.78 Å². The van der Waals surface area contributed by atoms with E-state index < -0.39 is 18.6 Å². The minimum Gasteiger partial charge on any atom is -0.446 e. The lowest BCUT2D eigenvalue weighted by atomic mass is 10.0. The highest BCUT2D eigenvalue weighted by Gasteiger charge is 2.32. The van der Waals surface area contributed by atoms with Gasteiger partial charge in [-0.3, -0.25) is 4.79 Å². The van der Waals surface area contributed by atoms with Gasteiger partial charge in [0.15, 0.2) is 0 Å². The standard InChI is InChI=1S/C17H22F2N2O4.C6H5F.C2H6/c1-2-14(11-3-5-12(6-4-11)24-16(18)19)21-10-9-13(25-17(21)23)7-8-15(20)22;7-6-4-2-1-3-5-6;1-2/h3-6,13-14,16H,2,7-10H2,1H3,(H2,20,22);1-5H;1-2H3. The summed E-state index contributed by atoms with van der Waals surface area (Å²) in [5, 5.41) is 0. The van der Waals surface area contributed by atoms with Gasteiger partial charge in [0, 0.05) is 19.4 Å². The highest BCUT2D eigenvalue weighted by molar-refractivity contribution is 5.74. The fraction of sp³-hybridized carbons (Fsp3) is 0.440. The van der Waals surface area contributed by atoms with Crippen molar-refractivity contribution >= 4 is 12.0 Å². The zero-order chi connectivity index (χ0) is 25.5. The summed E-state index contributed by atoms with van der Waals surface area (Å²) in [5.41, 5.74) is 5.93. The molecule has 2 aromatic carbocycles. The monoisotopic (exact) mass is 482 g/mol. The molecule has 2 unspecified atom stereocenters. The molecule has 1 saturated heterocycles. The van der Waals surface area contributed by atoms with E-state index in [1.165, 1.54) is 24.3 Å². The number of primary amides is 1. The zero-order valence-corrected chi connectivity index (χ0v) is 19.8. The Kier molecular flexibility index (Phi) is 13.2. The fourth-order valence-corrected chi connectivity index (χ4v) is 3.36. The third-order valence-corrected chi connectivity index (χ3v) is 4.89. The molecule has 2 atom stereocenters. The molecule has 1 fully saturated rings. The molecule has 0 saturated carbocycles. The maximum Gasteiger partial charge on any atom is 0.410 e. The molecule has 3 rings (SSSR count). The van der Waals surface area contributed by atoms with Crippen molar-refractivity contribution in [3.05, 3.63) is 66.0 Å². The van der Waals surface area contributed by atoms with Crippen LogP contribution in [-0.2, 0) is 9.53 Å². The van der Waals surface area contributed by atoms with E-state index in [2.05, 4.69) is 4.74 Å². The zero-order valence-electron chi connectivity index (χ0n) is 19.8. The molecule has 9 heteroatoms. The molecule has 1 aliphatic rings. The molecule has 2 amide bonds. The van der Waals surface area contributed by atoms with Gasteiger partial charge < -0.3 is 20.1 Å². The molecule has 0 bridgehead atoms. The minimum absolute atomic E-state index is 0.0707. The number of alkyl halides is 2. The normalized spacial score (nSPS) is 15.8. The van der Waals surface area contributed by atoms with Crippen molar-refractivity contribution in [1.29, 1.82) is 0 Å². The number of carbonyl (C=O) groups excluding carboxylic acids is 2. The van der Waals surface area contributed by atoms with Crippen molar-refractivity contribution in [2.24, 2.45) is 5.73 Å². The second-order valence-electron chi connectivity index (χ2n) is 7.16. The summed E-state index contributed by atoms with van der Waals surface area (Å²) in [6, 6.07) is 14.0. The molecular weight excluding hydrogens is 449 g/mol. The van der Waals surface area contributed by atoms with Gasteiger partial charge in [-0.05, 0) is 42.7 Å². The highest BCUT2D eigenvalue weighted by Crippen LogP contribution is 2.30. The summed E-state index contributed by atoms with van der Waals surface area (Å²) in [5.74, 6) is -0.528. The molecule has 0 aromatic heterocycles. The molecule has 1 heterocycles. The second kappa shape index (κ2) is 15.6. The van der Waals surface area contributed by atoms with Crippen molar-refractivity contribution in [2.75, 3.05) is 6.54 Å². The summed E-state index contributed by atoms with van der Waals surface area (Å²) in [6.45, 7) is 3.55. The Balaban J connectivity index is 0.000000540. The topological polar surface area (TPSA) is 81.9 Å². The van der Waals surface area contributed by atoms with Crippen molar-refractivity contribution < 1.29 is 32.2 Å². The lowest BCUT2D eigenvalue weighted by molar-refractivity contribution is -0.118. The molecule has 188 valence electrons. The maximum atomic E-state index is 12.3.